The van der Waals surface area contributed by atoms with Crippen molar-refractivity contribution in [2.24, 2.45) is 10.7 Å². The van der Waals surface area contributed by atoms with Gasteiger partial charge in [-0.05, 0) is 13.3 Å². The van der Waals surface area contributed by atoms with Crippen molar-refractivity contribution in [1.29, 1.82) is 0 Å². The van der Waals surface area contributed by atoms with Crippen molar-refractivity contribution in [3.8, 4) is 0 Å². The Morgan fingerprint density at radius 2 is 2.47 bits per heavy atom. The second kappa shape index (κ2) is 6.40. The summed E-state index contributed by atoms with van der Waals surface area (Å²) in [5.74, 6) is 0.531. The van der Waals surface area contributed by atoms with E-state index in [1.807, 2.05) is 6.92 Å². The number of aryl methyl sites for hydroxylation is 1. The molecule has 0 radical (unpaired) electrons. The number of hydrogen-bond acceptors (Lipinski definition) is 3. The highest BCUT2D eigenvalue weighted by molar-refractivity contribution is 7.09. The maximum absolute atomic E-state index is 5.65. The first-order chi connectivity index (χ1) is 7.22. The van der Waals surface area contributed by atoms with E-state index in [0.29, 0.717) is 5.96 Å². The molecule has 0 fully saturated rings. The number of nitrogens with two attached hydrogens (primary N) is 1. The molecule has 1 rings (SSSR count). The fourth-order valence-corrected chi connectivity index (χ4v) is 1.78. The van der Waals surface area contributed by atoms with Crippen molar-refractivity contribution in [2.45, 2.75) is 26.7 Å². The van der Waals surface area contributed by atoms with Crippen LogP contribution < -0.4 is 11.1 Å². The predicted molar refractivity (Wildman–Crippen MR) is 65.3 cm³/mol. The molecule has 4 nitrogen and oxygen atoms in total. The molecular formula is C10H18N4S. The van der Waals surface area contributed by atoms with E-state index in [1.54, 1.807) is 11.3 Å². The molecule has 0 aliphatic rings. The molecule has 0 atom stereocenters. The van der Waals surface area contributed by atoms with Gasteiger partial charge in [-0.1, -0.05) is 6.92 Å². The zero-order valence-electron chi connectivity index (χ0n) is 9.29. The lowest BCUT2D eigenvalue weighted by Crippen LogP contribution is -2.33. The highest BCUT2D eigenvalue weighted by atomic mass is 32.1. The fourth-order valence-electron chi connectivity index (χ4n) is 1.13. The first-order valence-electron chi connectivity index (χ1n) is 5.17. The summed E-state index contributed by atoms with van der Waals surface area (Å²) in [5, 5.41) is 6.26. The lowest BCUT2D eigenvalue weighted by atomic mass is 10.3. The third-order valence-electron chi connectivity index (χ3n) is 1.86. The van der Waals surface area contributed by atoms with Gasteiger partial charge in [-0.3, -0.25) is 4.99 Å². The Bertz CT molecular complexity index is 319. The molecule has 1 aromatic rings. The smallest absolute Gasteiger partial charge is 0.188 e. The van der Waals surface area contributed by atoms with Gasteiger partial charge >= 0.3 is 0 Å². The van der Waals surface area contributed by atoms with E-state index < -0.39 is 0 Å². The third kappa shape index (κ3) is 4.78. The molecular weight excluding hydrogens is 208 g/mol. The molecule has 3 N–H and O–H groups in total. The molecule has 0 spiro atoms. The average Bonchev–Trinajstić information content (AvgIpc) is 2.61. The van der Waals surface area contributed by atoms with Crippen molar-refractivity contribution in [1.82, 2.24) is 10.3 Å². The minimum atomic E-state index is 0.531. The van der Waals surface area contributed by atoms with Gasteiger partial charge in [0.05, 0.1) is 10.7 Å². The zero-order chi connectivity index (χ0) is 11.1. The molecule has 0 bridgehead atoms. The van der Waals surface area contributed by atoms with E-state index in [4.69, 9.17) is 5.73 Å². The number of aromatic nitrogens is 1. The number of aliphatic imine (C=N–C) groups is 1. The molecule has 0 aliphatic carbocycles. The summed E-state index contributed by atoms with van der Waals surface area (Å²) in [5.41, 5.74) is 6.77. The molecule has 15 heavy (non-hydrogen) atoms. The summed E-state index contributed by atoms with van der Waals surface area (Å²) in [4.78, 5) is 8.51. The topological polar surface area (TPSA) is 63.3 Å². The third-order valence-corrected chi connectivity index (χ3v) is 2.68. The monoisotopic (exact) mass is 226 g/mol. The van der Waals surface area contributed by atoms with Crippen LogP contribution in [0.3, 0.4) is 0 Å². The minimum absolute atomic E-state index is 0.531. The summed E-state index contributed by atoms with van der Waals surface area (Å²) in [6, 6.07) is 0. The highest BCUT2D eigenvalue weighted by Crippen LogP contribution is 2.07. The molecule has 0 amide bonds. The van der Waals surface area contributed by atoms with Gasteiger partial charge in [-0.25, -0.2) is 4.98 Å². The van der Waals surface area contributed by atoms with Gasteiger partial charge < -0.3 is 11.1 Å². The molecule has 0 saturated heterocycles. The second-order valence-corrected chi connectivity index (χ2v) is 4.36. The largest absolute Gasteiger partial charge is 0.370 e. The van der Waals surface area contributed by atoms with Crippen LogP contribution in [0.2, 0.25) is 0 Å². The van der Waals surface area contributed by atoms with Crippen LogP contribution >= 0.6 is 11.3 Å². The van der Waals surface area contributed by atoms with Crippen molar-refractivity contribution in [3.05, 3.63) is 16.1 Å². The lowest BCUT2D eigenvalue weighted by Gasteiger charge is -2.03. The quantitative estimate of drug-likeness (QED) is 0.588. The van der Waals surface area contributed by atoms with Crippen LogP contribution in [0.4, 0.5) is 0 Å². The number of rotatable bonds is 5. The summed E-state index contributed by atoms with van der Waals surface area (Å²) in [6.07, 6.45) is 1.92. The maximum Gasteiger partial charge on any atom is 0.188 e. The van der Waals surface area contributed by atoms with Crippen molar-refractivity contribution >= 4 is 17.3 Å². The van der Waals surface area contributed by atoms with E-state index in [2.05, 4.69) is 27.6 Å². The molecule has 1 aromatic heterocycles. The zero-order valence-corrected chi connectivity index (χ0v) is 10.1. The second-order valence-electron chi connectivity index (χ2n) is 3.30. The Kier molecular flexibility index (Phi) is 5.10. The Hall–Kier alpha value is -1.10. The van der Waals surface area contributed by atoms with Crippen LogP contribution in [-0.2, 0) is 6.42 Å². The number of thiazole rings is 1. The fraction of sp³-hybridized carbons (Fsp3) is 0.600. The Morgan fingerprint density at radius 3 is 3.07 bits per heavy atom. The first-order valence-corrected chi connectivity index (χ1v) is 6.05. The van der Waals surface area contributed by atoms with Crippen molar-refractivity contribution in [2.75, 3.05) is 13.1 Å². The summed E-state index contributed by atoms with van der Waals surface area (Å²) >= 11 is 1.68. The highest BCUT2D eigenvalue weighted by Gasteiger charge is 1.97. The number of guanidine groups is 1. The minimum Gasteiger partial charge on any atom is -0.370 e. The lowest BCUT2D eigenvalue weighted by molar-refractivity contribution is 0.825. The van der Waals surface area contributed by atoms with Crippen molar-refractivity contribution < 1.29 is 0 Å². The summed E-state index contributed by atoms with van der Waals surface area (Å²) in [6.45, 7) is 5.67. The number of nitrogens with one attached hydrogen (secondary N) is 1. The van der Waals surface area contributed by atoms with Gasteiger partial charge in [0.15, 0.2) is 5.96 Å². The van der Waals surface area contributed by atoms with E-state index in [1.165, 1.54) is 0 Å². The maximum atomic E-state index is 5.65. The Morgan fingerprint density at radius 1 is 1.67 bits per heavy atom. The van der Waals surface area contributed by atoms with Crippen LogP contribution in [-0.4, -0.2) is 24.0 Å². The standard InChI is InChI=1S/C10H18N4S/c1-3-5-12-10(11)13-6-4-9-7-15-8(2)14-9/h7H,3-6H2,1-2H3,(H3,11,12,13). The van der Waals surface area contributed by atoms with Crippen LogP contribution in [0.25, 0.3) is 0 Å². The SMILES string of the molecule is CCCN=C(N)NCCc1csc(C)n1. The summed E-state index contributed by atoms with van der Waals surface area (Å²) in [7, 11) is 0. The van der Waals surface area contributed by atoms with E-state index in [-0.39, 0.29) is 0 Å². The molecule has 1 heterocycles. The van der Waals surface area contributed by atoms with Crippen molar-refractivity contribution in [3.63, 3.8) is 0 Å². The summed E-state index contributed by atoms with van der Waals surface area (Å²) < 4.78 is 0. The van der Waals surface area contributed by atoms with Gasteiger partial charge in [-0.15, -0.1) is 11.3 Å². The Labute approximate surface area is 94.6 Å². The molecule has 84 valence electrons. The predicted octanol–water partition coefficient (Wildman–Crippen LogP) is 1.31. The molecule has 0 unspecified atom stereocenters. The van der Waals surface area contributed by atoms with Crippen LogP contribution in [0, 0.1) is 6.92 Å². The van der Waals surface area contributed by atoms with Crippen LogP contribution in [0.15, 0.2) is 10.4 Å². The van der Waals surface area contributed by atoms with Gasteiger partial charge in [0.2, 0.25) is 0 Å². The van der Waals surface area contributed by atoms with Crippen LogP contribution in [0.5, 0.6) is 0 Å². The molecule has 0 saturated carbocycles. The normalized spacial score (nSPS) is 11.7. The van der Waals surface area contributed by atoms with E-state index in [9.17, 15) is 0 Å². The van der Waals surface area contributed by atoms with E-state index >= 15 is 0 Å². The average molecular weight is 226 g/mol. The molecule has 0 aliphatic heterocycles. The molecule has 5 heteroatoms. The van der Waals surface area contributed by atoms with Crippen LogP contribution in [0.1, 0.15) is 24.0 Å². The van der Waals surface area contributed by atoms with Gasteiger partial charge in [-0.2, -0.15) is 0 Å². The van der Waals surface area contributed by atoms with Gasteiger partial charge in [0, 0.05) is 24.9 Å². The Balaban J connectivity index is 2.21. The first kappa shape index (κ1) is 12.0. The van der Waals surface area contributed by atoms with Gasteiger partial charge in [0.25, 0.3) is 0 Å². The van der Waals surface area contributed by atoms with Gasteiger partial charge in [0.1, 0.15) is 0 Å². The van der Waals surface area contributed by atoms with E-state index in [0.717, 1.165) is 36.6 Å². The number of hydrogen-bond donors (Lipinski definition) is 2. The number of nitrogens with zero attached hydrogens (tertiary/aromatic N) is 2. The molecule has 0 aromatic carbocycles.